The van der Waals surface area contributed by atoms with Crippen LogP contribution in [0.3, 0.4) is 0 Å². The third-order valence-corrected chi connectivity index (χ3v) is 5.62. The van der Waals surface area contributed by atoms with Gasteiger partial charge in [0.2, 0.25) is 5.88 Å². The van der Waals surface area contributed by atoms with Crippen molar-refractivity contribution in [3.8, 4) is 5.88 Å². The lowest BCUT2D eigenvalue weighted by molar-refractivity contribution is -0.0490. The highest BCUT2D eigenvalue weighted by atomic mass is 32.1. The monoisotopic (exact) mass is 398 g/mol. The first-order chi connectivity index (χ1) is 12.6. The standard InChI is InChI=1S/C18H26N2O6S/c1-11-19-14(13(27-11)15(21)22)25-12-9-18(24-10-12)5-7-20(8-6-18)16(23)26-17(2,3)4/h12H,5-10H2,1-4H3,(H,21,22). The third-order valence-electron chi connectivity index (χ3n) is 4.68. The van der Waals surface area contributed by atoms with Crippen molar-refractivity contribution in [2.45, 2.75) is 64.3 Å². The van der Waals surface area contributed by atoms with Crippen LogP contribution in [0.25, 0.3) is 0 Å². The van der Waals surface area contributed by atoms with Gasteiger partial charge in [0.15, 0.2) is 4.88 Å². The largest absolute Gasteiger partial charge is 0.477 e. The summed E-state index contributed by atoms with van der Waals surface area (Å²) in [5, 5.41) is 9.92. The SMILES string of the molecule is Cc1nc(OC2COC3(CCN(C(=O)OC(C)(C)C)CC3)C2)c(C(=O)O)s1. The summed E-state index contributed by atoms with van der Waals surface area (Å²) in [7, 11) is 0. The maximum absolute atomic E-state index is 12.2. The van der Waals surface area contributed by atoms with Crippen LogP contribution in [0.1, 0.15) is 54.7 Å². The Morgan fingerprint density at radius 2 is 2.00 bits per heavy atom. The van der Waals surface area contributed by atoms with Crippen LogP contribution in [0.4, 0.5) is 4.79 Å². The van der Waals surface area contributed by atoms with Crippen molar-refractivity contribution >= 4 is 23.4 Å². The Morgan fingerprint density at radius 1 is 1.33 bits per heavy atom. The quantitative estimate of drug-likeness (QED) is 0.835. The number of thiazole rings is 1. The van der Waals surface area contributed by atoms with Crippen LogP contribution in [0.15, 0.2) is 0 Å². The number of aryl methyl sites for hydroxylation is 1. The average Bonchev–Trinajstić information content (AvgIpc) is 3.10. The van der Waals surface area contributed by atoms with E-state index in [1.165, 1.54) is 0 Å². The number of rotatable bonds is 3. The maximum Gasteiger partial charge on any atom is 0.410 e. The minimum atomic E-state index is -1.03. The number of likely N-dealkylation sites (tertiary alicyclic amines) is 1. The molecule has 2 saturated heterocycles. The summed E-state index contributed by atoms with van der Waals surface area (Å²) in [6, 6.07) is 0. The van der Waals surface area contributed by atoms with E-state index in [1.807, 2.05) is 20.8 Å². The Labute approximate surface area is 162 Å². The van der Waals surface area contributed by atoms with Crippen molar-refractivity contribution in [2.75, 3.05) is 19.7 Å². The highest BCUT2D eigenvalue weighted by Gasteiger charge is 2.45. The number of carbonyl (C=O) groups excluding carboxylic acids is 1. The second kappa shape index (κ2) is 7.27. The minimum absolute atomic E-state index is 0.119. The lowest BCUT2D eigenvalue weighted by atomic mass is 9.88. The Hall–Kier alpha value is -1.87. The number of amides is 1. The number of piperidine rings is 1. The van der Waals surface area contributed by atoms with Crippen molar-refractivity contribution < 1.29 is 28.9 Å². The van der Waals surface area contributed by atoms with E-state index in [1.54, 1.807) is 11.8 Å². The van der Waals surface area contributed by atoms with Gasteiger partial charge in [-0.25, -0.2) is 14.6 Å². The molecule has 1 atom stereocenters. The van der Waals surface area contributed by atoms with Gasteiger partial charge in [0.1, 0.15) is 11.7 Å². The highest BCUT2D eigenvalue weighted by Crippen LogP contribution is 2.38. The molecule has 3 rings (SSSR count). The second-order valence-electron chi connectivity index (χ2n) is 8.08. The lowest BCUT2D eigenvalue weighted by Gasteiger charge is -2.38. The van der Waals surface area contributed by atoms with E-state index >= 15 is 0 Å². The van der Waals surface area contributed by atoms with E-state index < -0.39 is 11.6 Å². The molecule has 0 aromatic carbocycles. The number of nitrogens with zero attached hydrogens (tertiary/aromatic N) is 2. The smallest absolute Gasteiger partial charge is 0.410 e. The molecular weight excluding hydrogens is 372 g/mol. The summed E-state index contributed by atoms with van der Waals surface area (Å²) in [6.45, 7) is 8.83. The Kier molecular flexibility index (Phi) is 5.36. The van der Waals surface area contributed by atoms with Gasteiger partial charge in [-0.1, -0.05) is 0 Å². The molecule has 0 saturated carbocycles. The Bertz CT molecular complexity index is 718. The van der Waals surface area contributed by atoms with Crippen LogP contribution in [-0.4, -0.2) is 64.1 Å². The molecule has 0 radical (unpaired) electrons. The zero-order valence-electron chi connectivity index (χ0n) is 16.1. The molecule has 1 spiro atoms. The molecular formula is C18H26N2O6S. The third kappa shape index (κ3) is 4.70. The normalized spacial score (nSPS) is 22.1. The highest BCUT2D eigenvalue weighted by molar-refractivity contribution is 7.13. The van der Waals surface area contributed by atoms with Crippen molar-refractivity contribution in [3.05, 3.63) is 9.88 Å². The van der Waals surface area contributed by atoms with Crippen LogP contribution >= 0.6 is 11.3 Å². The molecule has 1 aromatic rings. The molecule has 0 aliphatic carbocycles. The fraction of sp³-hybridized carbons (Fsp3) is 0.722. The number of carboxylic acid groups (broad SMARTS) is 1. The molecule has 150 valence electrons. The van der Waals surface area contributed by atoms with Gasteiger partial charge >= 0.3 is 12.1 Å². The Morgan fingerprint density at radius 3 is 2.59 bits per heavy atom. The van der Waals surface area contributed by atoms with Crippen molar-refractivity contribution in [3.63, 3.8) is 0 Å². The average molecular weight is 398 g/mol. The maximum atomic E-state index is 12.2. The number of aromatic carboxylic acids is 1. The van der Waals surface area contributed by atoms with Crippen molar-refractivity contribution in [1.82, 2.24) is 9.88 Å². The molecule has 2 aliphatic rings. The van der Waals surface area contributed by atoms with E-state index in [0.29, 0.717) is 44.0 Å². The molecule has 9 heteroatoms. The summed E-state index contributed by atoms with van der Waals surface area (Å²) in [4.78, 5) is 29.5. The fourth-order valence-corrected chi connectivity index (χ4v) is 4.12. The van der Waals surface area contributed by atoms with Gasteiger partial charge in [-0.05, 0) is 40.5 Å². The first-order valence-electron chi connectivity index (χ1n) is 9.06. The summed E-state index contributed by atoms with van der Waals surface area (Å²) < 4.78 is 17.3. The fourth-order valence-electron chi connectivity index (χ4n) is 3.43. The first-order valence-corrected chi connectivity index (χ1v) is 9.88. The number of ether oxygens (including phenoxy) is 3. The van der Waals surface area contributed by atoms with E-state index in [4.69, 9.17) is 14.2 Å². The van der Waals surface area contributed by atoms with E-state index in [-0.39, 0.29) is 28.6 Å². The number of hydrogen-bond donors (Lipinski definition) is 1. The molecule has 1 N–H and O–H groups in total. The molecule has 8 nitrogen and oxygen atoms in total. The van der Waals surface area contributed by atoms with Gasteiger partial charge in [0.05, 0.1) is 17.2 Å². The summed E-state index contributed by atoms with van der Waals surface area (Å²) in [6.07, 6.45) is 1.53. The minimum Gasteiger partial charge on any atom is -0.477 e. The number of hydrogen-bond acceptors (Lipinski definition) is 7. The van der Waals surface area contributed by atoms with Crippen molar-refractivity contribution in [1.29, 1.82) is 0 Å². The second-order valence-corrected chi connectivity index (χ2v) is 9.28. The molecule has 1 amide bonds. The number of carboxylic acids is 1. The summed E-state index contributed by atoms with van der Waals surface area (Å²) in [5.74, 6) is -0.864. The predicted molar refractivity (Wildman–Crippen MR) is 98.6 cm³/mol. The van der Waals surface area contributed by atoms with Gasteiger partial charge in [-0.3, -0.25) is 0 Å². The zero-order valence-corrected chi connectivity index (χ0v) is 16.9. The lowest BCUT2D eigenvalue weighted by Crippen LogP contribution is -2.48. The van der Waals surface area contributed by atoms with Gasteiger partial charge in [0.25, 0.3) is 0 Å². The van der Waals surface area contributed by atoms with Gasteiger partial charge in [0, 0.05) is 19.5 Å². The number of carbonyl (C=O) groups is 2. The topological polar surface area (TPSA) is 98.2 Å². The van der Waals surface area contributed by atoms with Crippen LogP contribution in [0.2, 0.25) is 0 Å². The Balaban J connectivity index is 1.56. The van der Waals surface area contributed by atoms with Gasteiger partial charge < -0.3 is 24.2 Å². The first kappa shape index (κ1) is 19.9. The van der Waals surface area contributed by atoms with Crippen LogP contribution in [0, 0.1) is 6.92 Å². The predicted octanol–water partition coefficient (Wildman–Crippen LogP) is 3.09. The van der Waals surface area contributed by atoms with Crippen LogP contribution < -0.4 is 4.74 Å². The van der Waals surface area contributed by atoms with E-state index in [2.05, 4.69) is 4.98 Å². The molecule has 2 fully saturated rings. The van der Waals surface area contributed by atoms with Crippen LogP contribution in [0.5, 0.6) is 5.88 Å². The van der Waals surface area contributed by atoms with E-state index in [0.717, 1.165) is 11.3 Å². The van der Waals surface area contributed by atoms with Gasteiger partial charge in [-0.2, -0.15) is 0 Å². The molecule has 1 unspecified atom stereocenters. The summed E-state index contributed by atoms with van der Waals surface area (Å²) >= 11 is 1.11. The molecule has 3 heterocycles. The van der Waals surface area contributed by atoms with Gasteiger partial charge in [-0.15, -0.1) is 11.3 Å². The summed E-state index contributed by atoms with van der Waals surface area (Å²) in [5.41, 5.74) is -0.847. The van der Waals surface area contributed by atoms with Crippen LogP contribution in [-0.2, 0) is 9.47 Å². The van der Waals surface area contributed by atoms with Crippen molar-refractivity contribution in [2.24, 2.45) is 0 Å². The molecule has 0 bridgehead atoms. The molecule has 2 aliphatic heterocycles. The zero-order chi connectivity index (χ0) is 19.8. The number of aromatic nitrogens is 1. The van der Waals surface area contributed by atoms with E-state index in [9.17, 15) is 14.7 Å². The molecule has 27 heavy (non-hydrogen) atoms. The molecule has 1 aromatic heterocycles.